The number of rotatable bonds is 3. The maximum atomic E-state index is 12.6. The van der Waals surface area contributed by atoms with Gasteiger partial charge in [-0.2, -0.15) is 11.3 Å². The molecule has 1 aromatic rings. The molecule has 5 heteroatoms. The van der Waals surface area contributed by atoms with Gasteiger partial charge in [0.05, 0.1) is 0 Å². The van der Waals surface area contributed by atoms with Gasteiger partial charge in [0, 0.05) is 13.1 Å². The molecule has 0 N–H and O–H groups in total. The van der Waals surface area contributed by atoms with E-state index in [4.69, 9.17) is 0 Å². The molecule has 0 aromatic carbocycles. The molecule has 2 aliphatic rings. The van der Waals surface area contributed by atoms with E-state index in [2.05, 4.69) is 0 Å². The number of thiophene rings is 1. The zero-order valence-corrected chi connectivity index (χ0v) is 11.9. The van der Waals surface area contributed by atoms with E-state index in [1.807, 2.05) is 23.8 Å². The molecular weight excluding hydrogens is 260 g/mol. The molecule has 2 unspecified atom stereocenters. The Hall–Kier alpha value is -1.36. The first-order chi connectivity index (χ1) is 9.22. The molecule has 3 heterocycles. The number of carbonyl (C=O) groups is 2. The van der Waals surface area contributed by atoms with E-state index < -0.39 is 0 Å². The van der Waals surface area contributed by atoms with Crippen LogP contribution < -0.4 is 0 Å². The summed E-state index contributed by atoms with van der Waals surface area (Å²) in [7, 11) is 0. The summed E-state index contributed by atoms with van der Waals surface area (Å²) in [6, 6.07) is 1.55. The third kappa shape index (κ3) is 2.06. The smallest absolute Gasteiger partial charge is 0.246 e. The van der Waals surface area contributed by atoms with Crippen LogP contribution in [0.2, 0.25) is 0 Å². The molecule has 0 radical (unpaired) electrons. The van der Waals surface area contributed by atoms with Gasteiger partial charge in [-0.05, 0) is 41.7 Å². The molecule has 2 amide bonds. The van der Waals surface area contributed by atoms with Crippen molar-refractivity contribution in [3.05, 3.63) is 22.4 Å². The predicted molar refractivity (Wildman–Crippen MR) is 73.7 cm³/mol. The zero-order valence-electron chi connectivity index (χ0n) is 11.0. The Bertz CT molecular complexity index is 486. The van der Waals surface area contributed by atoms with Crippen LogP contribution in [-0.4, -0.2) is 40.2 Å². The van der Waals surface area contributed by atoms with Gasteiger partial charge >= 0.3 is 0 Å². The van der Waals surface area contributed by atoms with Crippen LogP contribution in [0.5, 0.6) is 0 Å². The highest BCUT2D eigenvalue weighted by Gasteiger charge is 2.46. The quantitative estimate of drug-likeness (QED) is 0.847. The Kier molecular flexibility index (Phi) is 3.31. The van der Waals surface area contributed by atoms with Crippen LogP contribution in [0.25, 0.3) is 0 Å². The number of nitrogens with zero attached hydrogens (tertiary/aromatic N) is 2. The van der Waals surface area contributed by atoms with Gasteiger partial charge < -0.3 is 9.80 Å². The fourth-order valence-corrected chi connectivity index (χ4v) is 3.78. The lowest BCUT2D eigenvalue weighted by Crippen LogP contribution is -2.62. The van der Waals surface area contributed by atoms with Crippen LogP contribution in [-0.2, 0) is 16.1 Å². The van der Waals surface area contributed by atoms with Gasteiger partial charge in [-0.25, -0.2) is 0 Å². The molecule has 4 nitrogen and oxygen atoms in total. The lowest BCUT2D eigenvalue weighted by molar-refractivity contribution is -0.160. The Morgan fingerprint density at radius 2 is 2.21 bits per heavy atom. The molecule has 19 heavy (non-hydrogen) atoms. The summed E-state index contributed by atoms with van der Waals surface area (Å²) in [4.78, 5) is 28.6. The van der Waals surface area contributed by atoms with Gasteiger partial charge in [0.1, 0.15) is 12.1 Å². The Balaban J connectivity index is 1.87. The summed E-state index contributed by atoms with van der Waals surface area (Å²) in [6.45, 7) is 3.29. The zero-order chi connectivity index (χ0) is 13.4. The number of amides is 2. The fraction of sp³-hybridized carbons (Fsp3) is 0.571. The maximum absolute atomic E-state index is 12.6. The first-order valence-electron chi connectivity index (χ1n) is 6.84. The Morgan fingerprint density at radius 1 is 1.37 bits per heavy atom. The number of hydrogen-bond donors (Lipinski definition) is 0. The maximum Gasteiger partial charge on any atom is 0.246 e. The number of piperazine rings is 1. The molecule has 0 aliphatic carbocycles. The Labute approximate surface area is 117 Å². The summed E-state index contributed by atoms with van der Waals surface area (Å²) in [5.41, 5.74) is 1.12. The standard InChI is InChI=1S/C14H18N2O2S/c1-2-11-13(17)15-6-3-4-12(15)14(18)16(11)8-10-5-7-19-9-10/h5,7,9,11-12H,2-4,6,8H2,1H3. The minimum absolute atomic E-state index is 0.134. The largest absolute Gasteiger partial charge is 0.329 e. The summed E-state index contributed by atoms with van der Waals surface area (Å²) >= 11 is 1.63. The average Bonchev–Trinajstić information content (AvgIpc) is 3.07. The van der Waals surface area contributed by atoms with E-state index in [0.29, 0.717) is 13.0 Å². The van der Waals surface area contributed by atoms with Crippen molar-refractivity contribution < 1.29 is 9.59 Å². The molecule has 0 saturated carbocycles. The van der Waals surface area contributed by atoms with Crippen LogP contribution in [0.4, 0.5) is 0 Å². The average molecular weight is 278 g/mol. The lowest BCUT2D eigenvalue weighted by atomic mass is 10.0. The topological polar surface area (TPSA) is 40.6 Å². The van der Waals surface area contributed by atoms with Gasteiger partial charge in [-0.3, -0.25) is 9.59 Å². The van der Waals surface area contributed by atoms with Gasteiger partial charge in [0.2, 0.25) is 11.8 Å². The van der Waals surface area contributed by atoms with Crippen molar-refractivity contribution in [2.75, 3.05) is 6.54 Å². The second-order valence-electron chi connectivity index (χ2n) is 5.21. The first kappa shape index (κ1) is 12.7. The molecule has 1 aromatic heterocycles. The second-order valence-corrected chi connectivity index (χ2v) is 5.99. The minimum Gasteiger partial charge on any atom is -0.329 e. The van der Waals surface area contributed by atoms with Crippen molar-refractivity contribution >= 4 is 23.2 Å². The van der Waals surface area contributed by atoms with Crippen molar-refractivity contribution in [2.45, 2.75) is 44.8 Å². The summed E-state index contributed by atoms with van der Waals surface area (Å²) in [5, 5.41) is 4.06. The molecule has 3 rings (SSSR count). The summed E-state index contributed by atoms with van der Waals surface area (Å²) < 4.78 is 0. The highest BCUT2D eigenvalue weighted by atomic mass is 32.1. The van der Waals surface area contributed by atoms with Crippen LogP contribution in [0.1, 0.15) is 31.7 Å². The predicted octanol–water partition coefficient (Wildman–Crippen LogP) is 1.86. The SMILES string of the molecule is CCC1C(=O)N2CCCC2C(=O)N1Cc1ccsc1. The van der Waals surface area contributed by atoms with Crippen molar-refractivity contribution in [3.63, 3.8) is 0 Å². The van der Waals surface area contributed by atoms with Gasteiger partial charge in [0.15, 0.2) is 0 Å². The highest BCUT2D eigenvalue weighted by Crippen LogP contribution is 2.29. The minimum atomic E-state index is -0.276. The molecular formula is C14H18N2O2S. The highest BCUT2D eigenvalue weighted by molar-refractivity contribution is 7.07. The fourth-order valence-electron chi connectivity index (χ4n) is 3.12. The molecule has 102 valence electrons. The molecule has 2 aliphatic heterocycles. The number of hydrogen-bond acceptors (Lipinski definition) is 3. The van der Waals surface area contributed by atoms with E-state index in [1.165, 1.54) is 0 Å². The van der Waals surface area contributed by atoms with Gasteiger partial charge in [-0.15, -0.1) is 0 Å². The van der Waals surface area contributed by atoms with Gasteiger partial charge in [0.25, 0.3) is 0 Å². The number of carbonyl (C=O) groups excluding carboxylic acids is 2. The third-order valence-corrected chi connectivity index (χ3v) is 4.82. The van der Waals surface area contributed by atoms with Crippen LogP contribution in [0, 0.1) is 0 Å². The van der Waals surface area contributed by atoms with Crippen molar-refractivity contribution in [1.29, 1.82) is 0 Å². The van der Waals surface area contributed by atoms with Crippen LogP contribution >= 0.6 is 11.3 Å². The second kappa shape index (κ2) is 4.96. The van der Waals surface area contributed by atoms with E-state index >= 15 is 0 Å². The van der Waals surface area contributed by atoms with Crippen LogP contribution in [0.15, 0.2) is 16.8 Å². The van der Waals surface area contributed by atoms with Gasteiger partial charge in [-0.1, -0.05) is 6.92 Å². The summed E-state index contributed by atoms with van der Waals surface area (Å²) in [6.07, 6.45) is 2.46. The van der Waals surface area contributed by atoms with E-state index in [9.17, 15) is 9.59 Å². The van der Waals surface area contributed by atoms with E-state index in [0.717, 1.165) is 24.9 Å². The number of fused-ring (bicyclic) bond motifs is 1. The first-order valence-corrected chi connectivity index (χ1v) is 7.78. The van der Waals surface area contributed by atoms with Crippen molar-refractivity contribution in [3.8, 4) is 0 Å². The normalized spacial score (nSPS) is 27.0. The van der Waals surface area contributed by atoms with E-state index in [1.54, 1.807) is 21.1 Å². The van der Waals surface area contributed by atoms with Crippen molar-refractivity contribution in [1.82, 2.24) is 9.80 Å². The third-order valence-electron chi connectivity index (χ3n) is 4.09. The molecule has 0 spiro atoms. The monoisotopic (exact) mass is 278 g/mol. The lowest BCUT2D eigenvalue weighted by Gasteiger charge is -2.42. The van der Waals surface area contributed by atoms with E-state index in [-0.39, 0.29) is 23.9 Å². The summed E-state index contributed by atoms with van der Waals surface area (Å²) in [5.74, 6) is 0.273. The molecule has 2 saturated heterocycles. The molecule has 2 atom stereocenters. The molecule has 2 fully saturated rings. The van der Waals surface area contributed by atoms with Crippen molar-refractivity contribution in [2.24, 2.45) is 0 Å². The Morgan fingerprint density at radius 3 is 2.89 bits per heavy atom. The van der Waals surface area contributed by atoms with Crippen LogP contribution in [0.3, 0.4) is 0 Å². The molecule has 0 bridgehead atoms.